The van der Waals surface area contributed by atoms with Gasteiger partial charge in [0.2, 0.25) is 11.9 Å². The summed E-state index contributed by atoms with van der Waals surface area (Å²) in [6.45, 7) is 5.68. The molecule has 0 bridgehead atoms. The lowest BCUT2D eigenvalue weighted by Gasteiger charge is -2.43. The Kier molecular flexibility index (Phi) is 11.9. The fourth-order valence-corrected chi connectivity index (χ4v) is 6.77. The second-order valence-electron chi connectivity index (χ2n) is 12.5. The molecule has 1 saturated carbocycles. The van der Waals surface area contributed by atoms with Crippen molar-refractivity contribution < 1.29 is 19.1 Å². The van der Waals surface area contributed by atoms with Crippen LogP contribution in [0.5, 0.6) is 5.75 Å². The third-order valence-corrected chi connectivity index (χ3v) is 9.37. The second kappa shape index (κ2) is 16.2. The van der Waals surface area contributed by atoms with Crippen molar-refractivity contribution >= 4 is 35.0 Å². The van der Waals surface area contributed by atoms with Gasteiger partial charge in [-0.05, 0) is 76.2 Å². The van der Waals surface area contributed by atoms with Crippen LogP contribution in [0.25, 0.3) is 0 Å². The molecule has 1 atom stereocenters. The second-order valence-corrected chi connectivity index (χ2v) is 12.5. The molecule has 1 aliphatic carbocycles. The third-order valence-electron chi connectivity index (χ3n) is 9.37. The van der Waals surface area contributed by atoms with E-state index in [4.69, 9.17) is 14.5 Å². The van der Waals surface area contributed by atoms with Crippen molar-refractivity contribution in [1.82, 2.24) is 20.6 Å². The summed E-state index contributed by atoms with van der Waals surface area (Å²) in [6, 6.07) is 5.41. The predicted molar refractivity (Wildman–Crippen MR) is 178 cm³/mol. The van der Waals surface area contributed by atoms with Gasteiger partial charge in [0.25, 0.3) is 5.91 Å². The molecule has 2 aliphatic heterocycles. The van der Waals surface area contributed by atoms with Crippen LogP contribution in [0.3, 0.4) is 0 Å². The Balaban J connectivity index is 1.12. The SMILES string of the molecule is CC[C@@H]1C(=O)N(C)c2cnc(Nc3ccc(C(=O)NCCCCCCCOC4CCNCC4)cc3OC)nc2N1C1CCCC1. The van der Waals surface area contributed by atoms with Crippen LogP contribution in [-0.2, 0) is 9.53 Å². The number of likely N-dealkylation sites (N-methyl/N-ethyl adjacent to an activating group) is 1. The zero-order chi connectivity index (χ0) is 31.6. The van der Waals surface area contributed by atoms with Crippen molar-refractivity contribution in [3.05, 3.63) is 30.0 Å². The van der Waals surface area contributed by atoms with Gasteiger partial charge in [-0.25, -0.2) is 4.98 Å². The van der Waals surface area contributed by atoms with Crippen LogP contribution in [-0.4, -0.2) is 80.4 Å². The summed E-state index contributed by atoms with van der Waals surface area (Å²) in [7, 11) is 3.38. The van der Waals surface area contributed by atoms with E-state index < -0.39 is 0 Å². The van der Waals surface area contributed by atoms with E-state index in [1.165, 1.54) is 12.8 Å². The zero-order valence-electron chi connectivity index (χ0n) is 27.3. The van der Waals surface area contributed by atoms with Gasteiger partial charge < -0.3 is 35.2 Å². The molecule has 5 rings (SSSR count). The number of hydrogen-bond donors (Lipinski definition) is 3. The van der Waals surface area contributed by atoms with Crippen molar-refractivity contribution in [2.24, 2.45) is 0 Å². The van der Waals surface area contributed by atoms with Crippen molar-refractivity contribution in [2.75, 3.05) is 55.5 Å². The molecule has 45 heavy (non-hydrogen) atoms. The number of rotatable bonds is 15. The molecule has 11 nitrogen and oxygen atoms in total. The fraction of sp³-hybridized carbons (Fsp3) is 0.647. The molecule has 2 fully saturated rings. The number of hydrogen-bond acceptors (Lipinski definition) is 9. The molecule has 3 N–H and O–H groups in total. The number of piperidine rings is 1. The molecule has 11 heteroatoms. The van der Waals surface area contributed by atoms with Gasteiger partial charge in [0, 0.05) is 31.8 Å². The number of amides is 2. The van der Waals surface area contributed by atoms with Crippen LogP contribution in [0.4, 0.5) is 23.1 Å². The first-order valence-electron chi connectivity index (χ1n) is 17.0. The highest BCUT2D eigenvalue weighted by molar-refractivity contribution is 6.04. The van der Waals surface area contributed by atoms with Crippen molar-refractivity contribution in [1.29, 1.82) is 0 Å². The average Bonchev–Trinajstić information content (AvgIpc) is 3.60. The molecule has 1 aromatic carbocycles. The van der Waals surface area contributed by atoms with E-state index in [1.54, 1.807) is 37.4 Å². The number of nitrogens with one attached hydrogen (secondary N) is 3. The molecule has 2 aromatic rings. The van der Waals surface area contributed by atoms with Crippen LogP contribution in [0.15, 0.2) is 24.4 Å². The lowest BCUT2D eigenvalue weighted by molar-refractivity contribution is -0.120. The van der Waals surface area contributed by atoms with Crippen LogP contribution < -0.4 is 30.5 Å². The van der Waals surface area contributed by atoms with Gasteiger partial charge in [-0.2, -0.15) is 4.98 Å². The largest absolute Gasteiger partial charge is 0.495 e. The van der Waals surface area contributed by atoms with E-state index in [9.17, 15) is 9.59 Å². The first-order valence-corrected chi connectivity index (χ1v) is 17.0. The molecule has 1 aromatic heterocycles. The van der Waals surface area contributed by atoms with Crippen LogP contribution >= 0.6 is 0 Å². The molecule has 0 radical (unpaired) electrons. The fourth-order valence-electron chi connectivity index (χ4n) is 6.77. The number of aromatic nitrogens is 2. The maximum absolute atomic E-state index is 13.2. The summed E-state index contributed by atoms with van der Waals surface area (Å²) >= 11 is 0. The molecule has 1 saturated heterocycles. The first-order chi connectivity index (χ1) is 22.0. The number of benzene rings is 1. The van der Waals surface area contributed by atoms with Gasteiger partial charge in [0.15, 0.2) is 5.82 Å². The highest BCUT2D eigenvalue weighted by Gasteiger charge is 2.41. The number of carbonyl (C=O) groups is 2. The van der Waals surface area contributed by atoms with Crippen LogP contribution in [0.2, 0.25) is 0 Å². The smallest absolute Gasteiger partial charge is 0.251 e. The highest BCUT2D eigenvalue weighted by Crippen LogP contribution is 2.40. The third kappa shape index (κ3) is 8.24. The minimum Gasteiger partial charge on any atom is -0.495 e. The van der Waals surface area contributed by atoms with Crippen molar-refractivity contribution in [3.63, 3.8) is 0 Å². The lowest BCUT2D eigenvalue weighted by atomic mass is 10.0. The van der Waals surface area contributed by atoms with Gasteiger partial charge in [0.05, 0.1) is 25.1 Å². The van der Waals surface area contributed by atoms with Gasteiger partial charge in [0.1, 0.15) is 17.5 Å². The van der Waals surface area contributed by atoms with Gasteiger partial charge >= 0.3 is 0 Å². The van der Waals surface area contributed by atoms with Crippen molar-refractivity contribution in [2.45, 2.75) is 102 Å². The Morgan fingerprint density at radius 2 is 1.82 bits per heavy atom. The molecular formula is C34H51N7O4. The number of fused-ring (bicyclic) bond motifs is 1. The monoisotopic (exact) mass is 621 g/mol. The van der Waals surface area contributed by atoms with E-state index >= 15 is 0 Å². The minimum absolute atomic E-state index is 0.0881. The number of ether oxygens (including phenoxy) is 2. The van der Waals surface area contributed by atoms with Gasteiger partial charge in [-0.1, -0.05) is 39.0 Å². The standard InChI is InChI=1S/C34H51N7O4/c1-4-28-33(43)40(2)29-23-37-34(39-31(29)41(28)25-12-8-9-13-25)38-27-15-14-24(22-30(27)44-3)32(42)36-18-10-6-5-7-11-21-45-26-16-19-35-20-17-26/h14-15,22-23,25-26,28,35H,4-13,16-21H2,1-3H3,(H,36,42)(H,37,38,39)/t28-/m1/s1. The Labute approximate surface area is 267 Å². The first kappa shape index (κ1) is 32.9. The van der Waals surface area contributed by atoms with Gasteiger partial charge in [-0.15, -0.1) is 0 Å². The van der Waals surface area contributed by atoms with Crippen LogP contribution in [0, 0.1) is 0 Å². The quantitative estimate of drug-likeness (QED) is 0.231. The molecule has 3 aliphatic rings. The van der Waals surface area contributed by atoms with E-state index in [0.29, 0.717) is 41.6 Å². The molecule has 0 unspecified atom stereocenters. The number of carbonyl (C=O) groups excluding carboxylic acids is 2. The number of unbranched alkanes of at least 4 members (excludes halogenated alkanes) is 4. The lowest BCUT2D eigenvalue weighted by Crippen LogP contribution is -2.55. The molecule has 246 valence electrons. The topological polar surface area (TPSA) is 121 Å². The normalized spacial score (nSPS) is 19.1. The summed E-state index contributed by atoms with van der Waals surface area (Å²) in [5, 5.41) is 9.70. The molecular weight excluding hydrogens is 570 g/mol. The number of methoxy groups -OCH3 is 1. The predicted octanol–water partition coefficient (Wildman–Crippen LogP) is 5.18. The van der Waals surface area contributed by atoms with E-state index in [-0.39, 0.29) is 17.9 Å². The minimum atomic E-state index is -0.232. The van der Waals surface area contributed by atoms with Gasteiger partial charge in [-0.3, -0.25) is 9.59 Å². The summed E-state index contributed by atoms with van der Waals surface area (Å²) in [5.41, 5.74) is 1.93. The maximum atomic E-state index is 13.2. The Hall–Kier alpha value is -3.44. The summed E-state index contributed by atoms with van der Waals surface area (Å²) in [5.74, 6) is 1.70. The van der Waals surface area contributed by atoms with E-state index in [0.717, 1.165) is 95.4 Å². The number of anilines is 4. The van der Waals surface area contributed by atoms with Crippen molar-refractivity contribution in [3.8, 4) is 5.75 Å². The molecule has 2 amide bonds. The van der Waals surface area contributed by atoms with E-state index in [1.807, 2.05) is 6.07 Å². The summed E-state index contributed by atoms with van der Waals surface area (Å²) < 4.78 is 11.6. The Bertz CT molecular complexity index is 1280. The highest BCUT2D eigenvalue weighted by atomic mass is 16.5. The Morgan fingerprint density at radius 1 is 1.07 bits per heavy atom. The summed E-state index contributed by atoms with van der Waals surface area (Å²) in [6.07, 6.45) is 15.0. The zero-order valence-corrected chi connectivity index (χ0v) is 27.3. The maximum Gasteiger partial charge on any atom is 0.251 e. The summed E-state index contributed by atoms with van der Waals surface area (Å²) in [4.78, 5) is 39.4. The molecule has 3 heterocycles. The Morgan fingerprint density at radius 3 is 2.58 bits per heavy atom. The van der Waals surface area contributed by atoms with Crippen LogP contribution in [0.1, 0.15) is 94.3 Å². The van der Waals surface area contributed by atoms with E-state index in [2.05, 4.69) is 32.8 Å². The molecule has 0 spiro atoms. The average molecular weight is 622 g/mol. The number of nitrogens with zero attached hydrogens (tertiary/aromatic N) is 4.